The van der Waals surface area contributed by atoms with Crippen molar-refractivity contribution < 1.29 is 4.79 Å². The van der Waals surface area contributed by atoms with Crippen molar-refractivity contribution in [2.75, 3.05) is 42.9 Å². The number of hydrogen-bond donors (Lipinski definition) is 1. The minimum atomic E-state index is 0.138. The molecule has 6 heteroatoms. The number of hydrogen-bond acceptors (Lipinski definition) is 5. The van der Waals surface area contributed by atoms with Crippen molar-refractivity contribution in [1.82, 2.24) is 14.9 Å². The van der Waals surface area contributed by atoms with Gasteiger partial charge in [0.15, 0.2) is 0 Å². The lowest BCUT2D eigenvalue weighted by atomic mass is 10.2. The van der Waals surface area contributed by atoms with Crippen LogP contribution < -0.4 is 10.2 Å². The predicted molar refractivity (Wildman–Crippen MR) is 84.6 cm³/mol. The molecular formula is C15H25N5O. The van der Waals surface area contributed by atoms with E-state index >= 15 is 0 Å². The molecule has 21 heavy (non-hydrogen) atoms. The van der Waals surface area contributed by atoms with E-state index in [1.165, 1.54) is 0 Å². The van der Waals surface area contributed by atoms with Gasteiger partial charge in [0, 0.05) is 51.4 Å². The van der Waals surface area contributed by atoms with Gasteiger partial charge < -0.3 is 15.1 Å². The van der Waals surface area contributed by atoms with E-state index in [-0.39, 0.29) is 5.91 Å². The SMILES string of the molecule is CC(=O)N1CCN(c2nc(C)cc(NCC(C)C)n2)CC1. The highest BCUT2D eigenvalue weighted by Crippen LogP contribution is 2.16. The van der Waals surface area contributed by atoms with Crippen LogP contribution in [0.1, 0.15) is 26.5 Å². The normalized spacial score (nSPS) is 15.5. The zero-order valence-electron chi connectivity index (χ0n) is 13.4. The zero-order valence-corrected chi connectivity index (χ0v) is 13.4. The molecule has 1 N–H and O–H groups in total. The highest BCUT2D eigenvalue weighted by molar-refractivity contribution is 5.73. The minimum absolute atomic E-state index is 0.138. The number of carbonyl (C=O) groups is 1. The number of aryl methyl sites for hydroxylation is 1. The Morgan fingerprint density at radius 1 is 1.29 bits per heavy atom. The van der Waals surface area contributed by atoms with Gasteiger partial charge in [-0.05, 0) is 12.8 Å². The monoisotopic (exact) mass is 291 g/mol. The van der Waals surface area contributed by atoms with E-state index in [2.05, 4.69) is 34.0 Å². The summed E-state index contributed by atoms with van der Waals surface area (Å²) in [6.07, 6.45) is 0. The van der Waals surface area contributed by atoms with Gasteiger partial charge in [0.2, 0.25) is 11.9 Å². The zero-order chi connectivity index (χ0) is 15.4. The molecule has 0 unspecified atom stereocenters. The number of carbonyl (C=O) groups excluding carboxylic acids is 1. The van der Waals surface area contributed by atoms with Gasteiger partial charge in [-0.1, -0.05) is 13.8 Å². The first-order valence-electron chi connectivity index (χ1n) is 7.55. The average Bonchev–Trinajstić information content (AvgIpc) is 2.44. The second kappa shape index (κ2) is 6.74. The fourth-order valence-electron chi connectivity index (χ4n) is 2.31. The van der Waals surface area contributed by atoms with Crippen LogP contribution in [0.15, 0.2) is 6.07 Å². The Hall–Kier alpha value is -1.85. The van der Waals surface area contributed by atoms with Gasteiger partial charge in [-0.25, -0.2) is 4.98 Å². The van der Waals surface area contributed by atoms with Gasteiger partial charge in [0.25, 0.3) is 0 Å². The van der Waals surface area contributed by atoms with Gasteiger partial charge >= 0.3 is 0 Å². The Morgan fingerprint density at radius 2 is 1.95 bits per heavy atom. The molecule has 1 aliphatic rings. The average molecular weight is 291 g/mol. The van der Waals surface area contributed by atoms with Crippen LogP contribution in [0.5, 0.6) is 0 Å². The summed E-state index contributed by atoms with van der Waals surface area (Å²) >= 11 is 0. The molecule has 0 aliphatic carbocycles. The van der Waals surface area contributed by atoms with Crippen LogP contribution in [0.25, 0.3) is 0 Å². The molecule has 2 heterocycles. The quantitative estimate of drug-likeness (QED) is 0.911. The fraction of sp³-hybridized carbons (Fsp3) is 0.667. The second-order valence-corrected chi connectivity index (χ2v) is 5.96. The third-order valence-electron chi connectivity index (χ3n) is 3.54. The highest BCUT2D eigenvalue weighted by atomic mass is 16.2. The first-order chi connectivity index (χ1) is 9.95. The van der Waals surface area contributed by atoms with Crippen LogP contribution in [-0.4, -0.2) is 53.5 Å². The molecule has 116 valence electrons. The third-order valence-corrected chi connectivity index (χ3v) is 3.54. The van der Waals surface area contributed by atoms with Crippen molar-refractivity contribution in [3.63, 3.8) is 0 Å². The van der Waals surface area contributed by atoms with E-state index in [0.29, 0.717) is 5.92 Å². The molecular weight excluding hydrogens is 266 g/mol. The molecule has 0 spiro atoms. The maximum Gasteiger partial charge on any atom is 0.227 e. The summed E-state index contributed by atoms with van der Waals surface area (Å²) in [5.74, 6) is 2.34. The molecule has 0 saturated carbocycles. The summed E-state index contributed by atoms with van der Waals surface area (Å²) in [7, 11) is 0. The first kappa shape index (κ1) is 15.5. The van der Waals surface area contributed by atoms with Gasteiger partial charge in [-0.3, -0.25) is 4.79 Å². The third kappa shape index (κ3) is 4.31. The maximum atomic E-state index is 11.4. The lowest BCUT2D eigenvalue weighted by Gasteiger charge is -2.34. The summed E-state index contributed by atoms with van der Waals surface area (Å²) in [5, 5.41) is 3.35. The molecule has 0 bridgehead atoms. The lowest BCUT2D eigenvalue weighted by Crippen LogP contribution is -2.48. The van der Waals surface area contributed by atoms with E-state index in [9.17, 15) is 4.79 Å². The summed E-state index contributed by atoms with van der Waals surface area (Å²) in [6, 6.07) is 1.97. The Kier molecular flexibility index (Phi) is 4.98. The topological polar surface area (TPSA) is 61.4 Å². The van der Waals surface area contributed by atoms with E-state index in [1.807, 2.05) is 17.9 Å². The highest BCUT2D eigenvalue weighted by Gasteiger charge is 2.20. The molecule has 1 amide bonds. The summed E-state index contributed by atoms with van der Waals surface area (Å²) < 4.78 is 0. The number of amides is 1. The van der Waals surface area contributed by atoms with E-state index in [1.54, 1.807) is 6.92 Å². The molecule has 0 radical (unpaired) electrons. The van der Waals surface area contributed by atoms with Crippen LogP contribution in [0.4, 0.5) is 11.8 Å². The molecule has 1 aromatic rings. The molecule has 1 aromatic heterocycles. The largest absolute Gasteiger partial charge is 0.370 e. The van der Waals surface area contributed by atoms with Crippen molar-refractivity contribution in [2.24, 2.45) is 5.92 Å². The smallest absolute Gasteiger partial charge is 0.227 e. The van der Waals surface area contributed by atoms with Crippen LogP contribution in [0, 0.1) is 12.8 Å². The molecule has 0 aromatic carbocycles. The van der Waals surface area contributed by atoms with Gasteiger partial charge in [0.1, 0.15) is 5.82 Å². The molecule has 1 fully saturated rings. The number of nitrogens with zero attached hydrogens (tertiary/aromatic N) is 4. The Morgan fingerprint density at radius 3 is 2.52 bits per heavy atom. The van der Waals surface area contributed by atoms with Crippen molar-refractivity contribution in [2.45, 2.75) is 27.7 Å². The van der Waals surface area contributed by atoms with Crippen molar-refractivity contribution >= 4 is 17.7 Å². The first-order valence-corrected chi connectivity index (χ1v) is 7.55. The Labute approximate surface area is 126 Å². The van der Waals surface area contributed by atoms with Crippen LogP contribution in [0.3, 0.4) is 0 Å². The van der Waals surface area contributed by atoms with Crippen LogP contribution in [0.2, 0.25) is 0 Å². The summed E-state index contributed by atoms with van der Waals surface area (Å²) in [6.45, 7) is 11.9. The van der Waals surface area contributed by atoms with Gasteiger partial charge in [-0.15, -0.1) is 0 Å². The lowest BCUT2D eigenvalue weighted by molar-refractivity contribution is -0.129. The fourth-order valence-corrected chi connectivity index (χ4v) is 2.31. The van der Waals surface area contributed by atoms with Crippen molar-refractivity contribution in [3.8, 4) is 0 Å². The van der Waals surface area contributed by atoms with E-state index < -0.39 is 0 Å². The molecule has 0 atom stereocenters. The molecule has 2 rings (SSSR count). The molecule has 6 nitrogen and oxygen atoms in total. The number of aromatic nitrogens is 2. The second-order valence-electron chi connectivity index (χ2n) is 5.96. The Bertz CT molecular complexity index is 495. The van der Waals surface area contributed by atoms with Crippen molar-refractivity contribution in [3.05, 3.63) is 11.8 Å². The number of piperazine rings is 1. The number of rotatable bonds is 4. The standard InChI is InChI=1S/C15H25N5O/c1-11(2)10-16-14-9-12(3)17-15(18-14)20-7-5-19(6-8-20)13(4)21/h9,11H,5-8,10H2,1-4H3,(H,16,17,18). The van der Waals surface area contributed by atoms with Gasteiger partial charge in [-0.2, -0.15) is 4.98 Å². The molecule has 1 aliphatic heterocycles. The Balaban J connectivity index is 2.04. The van der Waals surface area contributed by atoms with Crippen LogP contribution >= 0.6 is 0 Å². The van der Waals surface area contributed by atoms with E-state index in [0.717, 1.165) is 50.2 Å². The number of anilines is 2. The van der Waals surface area contributed by atoms with Crippen molar-refractivity contribution in [1.29, 1.82) is 0 Å². The summed E-state index contributed by atoms with van der Waals surface area (Å²) in [4.78, 5) is 24.5. The van der Waals surface area contributed by atoms with Gasteiger partial charge in [0.05, 0.1) is 0 Å². The summed E-state index contributed by atoms with van der Waals surface area (Å²) in [5.41, 5.74) is 0.959. The van der Waals surface area contributed by atoms with E-state index in [4.69, 9.17) is 0 Å². The minimum Gasteiger partial charge on any atom is -0.370 e. The maximum absolute atomic E-state index is 11.4. The predicted octanol–water partition coefficient (Wildman–Crippen LogP) is 1.52. The number of nitrogens with one attached hydrogen (secondary N) is 1. The van der Waals surface area contributed by atoms with Crippen LogP contribution in [-0.2, 0) is 4.79 Å². The molecule has 1 saturated heterocycles.